The van der Waals surface area contributed by atoms with Gasteiger partial charge in [-0.05, 0) is 30.5 Å². The second-order valence-electron chi connectivity index (χ2n) is 5.12. The van der Waals surface area contributed by atoms with Crippen LogP contribution in [0.4, 0.5) is 9.52 Å². The zero-order valence-electron chi connectivity index (χ0n) is 11.2. The number of halogens is 1. The van der Waals surface area contributed by atoms with Gasteiger partial charge in [0.05, 0.1) is 5.41 Å². The van der Waals surface area contributed by atoms with Crippen LogP contribution in [0.3, 0.4) is 0 Å². The molecule has 1 aromatic carbocycles. The molecular formula is C15H15FN2OS. The van der Waals surface area contributed by atoms with Gasteiger partial charge in [0, 0.05) is 18.6 Å². The van der Waals surface area contributed by atoms with Crippen molar-refractivity contribution in [2.24, 2.45) is 0 Å². The molecule has 1 aliphatic carbocycles. The number of carbonyl (C=O) groups excluding carboxylic acids is 1. The number of thiazole rings is 1. The minimum Gasteiger partial charge on any atom is -0.290 e. The quantitative estimate of drug-likeness (QED) is 0.868. The van der Waals surface area contributed by atoms with Gasteiger partial charge >= 0.3 is 0 Å². The van der Waals surface area contributed by atoms with Crippen LogP contribution in [0, 0.1) is 5.82 Å². The standard InChI is InChI=1S/C15H15FN2OS/c1-18(14-17-9-10-20-14)13(19)15(7-2-8-15)11-3-5-12(16)6-4-11/h3-6,9-10H,2,7-8H2,1H3. The lowest BCUT2D eigenvalue weighted by molar-refractivity contribution is -0.126. The van der Waals surface area contributed by atoms with E-state index in [-0.39, 0.29) is 11.7 Å². The fourth-order valence-corrected chi connectivity index (χ4v) is 3.32. The molecule has 1 amide bonds. The highest BCUT2D eigenvalue weighted by molar-refractivity contribution is 7.13. The molecular weight excluding hydrogens is 275 g/mol. The van der Waals surface area contributed by atoms with Crippen molar-refractivity contribution in [2.75, 3.05) is 11.9 Å². The van der Waals surface area contributed by atoms with Crippen LogP contribution in [0.5, 0.6) is 0 Å². The molecule has 0 spiro atoms. The molecule has 2 aromatic rings. The molecule has 1 fully saturated rings. The summed E-state index contributed by atoms with van der Waals surface area (Å²) in [6, 6.07) is 6.29. The largest absolute Gasteiger partial charge is 0.290 e. The maximum atomic E-state index is 13.1. The Balaban J connectivity index is 1.92. The zero-order chi connectivity index (χ0) is 14.2. The molecule has 20 heavy (non-hydrogen) atoms. The Kier molecular flexibility index (Phi) is 3.30. The summed E-state index contributed by atoms with van der Waals surface area (Å²) in [6.45, 7) is 0. The normalized spacial score (nSPS) is 16.5. The molecule has 5 heteroatoms. The highest BCUT2D eigenvalue weighted by Gasteiger charge is 2.47. The minimum atomic E-state index is -0.506. The first-order valence-corrected chi connectivity index (χ1v) is 7.45. The van der Waals surface area contributed by atoms with E-state index < -0.39 is 5.41 Å². The van der Waals surface area contributed by atoms with Crippen LogP contribution < -0.4 is 4.90 Å². The fraction of sp³-hybridized carbons (Fsp3) is 0.333. The number of carbonyl (C=O) groups is 1. The molecule has 0 unspecified atom stereocenters. The molecule has 0 N–H and O–H groups in total. The van der Waals surface area contributed by atoms with Crippen molar-refractivity contribution in [3.8, 4) is 0 Å². The molecule has 0 atom stereocenters. The average molecular weight is 290 g/mol. The summed E-state index contributed by atoms with van der Waals surface area (Å²) in [5.74, 6) is -0.228. The Morgan fingerprint density at radius 2 is 2.05 bits per heavy atom. The number of rotatable bonds is 3. The molecule has 1 saturated carbocycles. The molecule has 1 aliphatic rings. The molecule has 104 valence electrons. The van der Waals surface area contributed by atoms with Gasteiger partial charge in [-0.15, -0.1) is 11.3 Å². The average Bonchev–Trinajstić information content (AvgIpc) is 2.92. The van der Waals surface area contributed by atoms with Gasteiger partial charge in [0.25, 0.3) is 0 Å². The number of aromatic nitrogens is 1. The van der Waals surface area contributed by atoms with Gasteiger partial charge in [0.15, 0.2) is 5.13 Å². The molecule has 3 rings (SSSR count). The predicted octanol–water partition coefficient (Wildman–Crippen LogP) is 3.37. The highest BCUT2D eigenvalue weighted by atomic mass is 32.1. The highest BCUT2D eigenvalue weighted by Crippen LogP contribution is 2.45. The monoisotopic (exact) mass is 290 g/mol. The van der Waals surface area contributed by atoms with Gasteiger partial charge in [-0.3, -0.25) is 9.69 Å². The second-order valence-corrected chi connectivity index (χ2v) is 5.99. The molecule has 0 radical (unpaired) electrons. The third kappa shape index (κ3) is 2.02. The van der Waals surface area contributed by atoms with Crippen molar-refractivity contribution < 1.29 is 9.18 Å². The Morgan fingerprint density at radius 1 is 1.35 bits per heavy atom. The van der Waals surface area contributed by atoms with E-state index in [4.69, 9.17) is 0 Å². The van der Waals surface area contributed by atoms with Crippen LogP contribution in [-0.2, 0) is 10.2 Å². The minimum absolute atomic E-state index is 0.0466. The van der Waals surface area contributed by atoms with Crippen LogP contribution >= 0.6 is 11.3 Å². The molecule has 1 heterocycles. The van der Waals surface area contributed by atoms with Crippen molar-refractivity contribution >= 4 is 22.4 Å². The van der Waals surface area contributed by atoms with Gasteiger partial charge < -0.3 is 0 Å². The summed E-state index contributed by atoms with van der Waals surface area (Å²) in [5.41, 5.74) is 0.396. The van der Waals surface area contributed by atoms with Crippen molar-refractivity contribution in [1.29, 1.82) is 0 Å². The number of anilines is 1. The van der Waals surface area contributed by atoms with Crippen LogP contribution in [0.2, 0.25) is 0 Å². The van der Waals surface area contributed by atoms with E-state index >= 15 is 0 Å². The van der Waals surface area contributed by atoms with E-state index in [2.05, 4.69) is 4.98 Å². The number of nitrogens with zero attached hydrogens (tertiary/aromatic N) is 2. The van der Waals surface area contributed by atoms with E-state index in [1.807, 2.05) is 5.38 Å². The SMILES string of the molecule is CN(C(=O)C1(c2ccc(F)cc2)CCC1)c1nccs1. The van der Waals surface area contributed by atoms with Crippen molar-refractivity contribution in [3.05, 3.63) is 47.2 Å². The Morgan fingerprint density at radius 3 is 2.55 bits per heavy atom. The summed E-state index contributed by atoms with van der Waals surface area (Å²) in [7, 11) is 1.75. The molecule has 1 aromatic heterocycles. The number of hydrogen-bond acceptors (Lipinski definition) is 3. The first-order chi connectivity index (χ1) is 9.63. The van der Waals surface area contributed by atoms with Gasteiger partial charge in [-0.25, -0.2) is 9.37 Å². The van der Waals surface area contributed by atoms with E-state index in [0.29, 0.717) is 5.13 Å². The number of likely N-dealkylation sites (N-methyl/N-ethyl adjacent to an activating group) is 1. The Bertz CT molecular complexity index is 605. The van der Waals surface area contributed by atoms with E-state index in [9.17, 15) is 9.18 Å². The summed E-state index contributed by atoms with van der Waals surface area (Å²) in [6.07, 6.45) is 4.34. The topological polar surface area (TPSA) is 33.2 Å². The Labute approximate surface area is 121 Å². The van der Waals surface area contributed by atoms with E-state index in [0.717, 1.165) is 24.8 Å². The fourth-order valence-electron chi connectivity index (χ4n) is 2.71. The van der Waals surface area contributed by atoms with Crippen LogP contribution in [0.15, 0.2) is 35.8 Å². The summed E-state index contributed by atoms with van der Waals surface area (Å²) < 4.78 is 13.1. The third-order valence-corrected chi connectivity index (χ3v) is 4.87. The summed E-state index contributed by atoms with van der Waals surface area (Å²) >= 11 is 1.44. The van der Waals surface area contributed by atoms with E-state index in [1.54, 1.807) is 30.3 Å². The lowest BCUT2D eigenvalue weighted by Gasteiger charge is -2.42. The maximum Gasteiger partial charge on any atom is 0.239 e. The summed E-state index contributed by atoms with van der Waals surface area (Å²) in [5, 5.41) is 2.55. The smallest absolute Gasteiger partial charge is 0.239 e. The molecule has 0 aliphatic heterocycles. The van der Waals surface area contributed by atoms with Crippen LogP contribution in [-0.4, -0.2) is 17.9 Å². The number of hydrogen-bond donors (Lipinski definition) is 0. The second kappa shape index (κ2) is 4.98. The number of benzene rings is 1. The lowest BCUT2D eigenvalue weighted by atomic mass is 9.63. The summed E-state index contributed by atoms with van der Waals surface area (Å²) in [4.78, 5) is 18.6. The third-order valence-electron chi connectivity index (χ3n) is 4.02. The van der Waals surface area contributed by atoms with Crippen LogP contribution in [0.1, 0.15) is 24.8 Å². The Hall–Kier alpha value is -1.75. The van der Waals surface area contributed by atoms with Gasteiger partial charge in [-0.1, -0.05) is 18.6 Å². The number of amides is 1. The predicted molar refractivity (Wildman–Crippen MR) is 77.5 cm³/mol. The molecule has 0 bridgehead atoms. The first-order valence-electron chi connectivity index (χ1n) is 6.57. The molecule has 0 saturated heterocycles. The van der Waals surface area contributed by atoms with Crippen molar-refractivity contribution in [2.45, 2.75) is 24.7 Å². The lowest BCUT2D eigenvalue weighted by Crippen LogP contribution is -2.50. The van der Waals surface area contributed by atoms with Crippen LogP contribution in [0.25, 0.3) is 0 Å². The maximum absolute atomic E-state index is 13.1. The van der Waals surface area contributed by atoms with E-state index in [1.165, 1.54) is 23.5 Å². The zero-order valence-corrected chi connectivity index (χ0v) is 12.0. The van der Waals surface area contributed by atoms with Crippen molar-refractivity contribution in [1.82, 2.24) is 4.98 Å². The van der Waals surface area contributed by atoms with Gasteiger partial charge in [0.1, 0.15) is 5.82 Å². The van der Waals surface area contributed by atoms with Gasteiger partial charge in [0.2, 0.25) is 5.91 Å². The van der Waals surface area contributed by atoms with Gasteiger partial charge in [-0.2, -0.15) is 0 Å². The van der Waals surface area contributed by atoms with Crippen molar-refractivity contribution in [3.63, 3.8) is 0 Å². The first kappa shape index (κ1) is 13.2. The molecule has 3 nitrogen and oxygen atoms in total.